The second-order valence-corrected chi connectivity index (χ2v) is 5.79. The van der Waals surface area contributed by atoms with Crippen molar-refractivity contribution in [1.29, 1.82) is 5.26 Å². The molecular weight excluding hydrogens is 250 g/mol. The van der Waals surface area contributed by atoms with Crippen molar-refractivity contribution in [2.75, 3.05) is 6.61 Å². The van der Waals surface area contributed by atoms with Gasteiger partial charge in [0.1, 0.15) is 11.5 Å². The lowest BCUT2D eigenvalue weighted by Gasteiger charge is -2.14. The Morgan fingerprint density at radius 1 is 1.30 bits per heavy atom. The molecule has 0 amide bonds. The van der Waals surface area contributed by atoms with Crippen molar-refractivity contribution in [3.05, 3.63) is 29.8 Å². The summed E-state index contributed by atoms with van der Waals surface area (Å²) >= 11 is 0. The number of nitriles is 1. The van der Waals surface area contributed by atoms with Crippen LogP contribution in [0.2, 0.25) is 0 Å². The molecule has 3 heteroatoms. The van der Waals surface area contributed by atoms with Crippen molar-refractivity contribution in [3.8, 4) is 11.8 Å². The van der Waals surface area contributed by atoms with Gasteiger partial charge in [0.2, 0.25) is 0 Å². The molecule has 0 aliphatic carbocycles. The van der Waals surface area contributed by atoms with Crippen LogP contribution in [0.1, 0.15) is 45.6 Å². The Hall–Kier alpha value is -1.82. The SMILES string of the molecule is CC(=O)CCc1ccc(OCCCC(C)(C)C#N)cc1. The summed E-state index contributed by atoms with van der Waals surface area (Å²) in [5.41, 5.74) is 0.873. The van der Waals surface area contributed by atoms with E-state index in [1.807, 2.05) is 38.1 Å². The summed E-state index contributed by atoms with van der Waals surface area (Å²) in [6.07, 6.45) is 3.07. The minimum Gasteiger partial charge on any atom is -0.494 e. The number of Topliss-reactive ketones (excluding diaryl/α,β-unsaturated/α-hetero) is 1. The number of carbonyl (C=O) groups excluding carboxylic acids is 1. The third-order valence-electron chi connectivity index (χ3n) is 3.21. The zero-order valence-corrected chi connectivity index (χ0v) is 12.6. The average Bonchev–Trinajstić information content (AvgIpc) is 2.42. The molecule has 20 heavy (non-hydrogen) atoms. The normalized spacial score (nSPS) is 10.9. The topological polar surface area (TPSA) is 50.1 Å². The molecule has 0 saturated carbocycles. The number of rotatable bonds is 8. The average molecular weight is 273 g/mol. The standard InChI is InChI=1S/C17H23NO2/c1-14(19)5-6-15-7-9-16(10-8-15)20-12-4-11-17(2,3)13-18/h7-10H,4-6,11-12H2,1-3H3. The van der Waals surface area contributed by atoms with Crippen LogP contribution in [0.3, 0.4) is 0 Å². The molecule has 1 rings (SSSR count). The predicted molar refractivity (Wildman–Crippen MR) is 79.6 cm³/mol. The molecular formula is C17H23NO2. The van der Waals surface area contributed by atoms with Crippen LogP contribution in [0.25, 0.3) is 0 Å². The number of carbonyl (C=O) groups is 1. The van der Waals surface area contributed by atoms with Crippen LogP contribution in [0.4, 0.5) is 0 Å². The molecule has 0 saturated heterocycles. The summed E-state index contributed by atoms with van der Waals surface area (Å²) in [6.45, 7) is 6.12. The molecule has 0 N–H and O–H groups in total. The maximum absolute atomic E-state index is 10.9. The van der Waals surface area contributed by atoms with Crippen molar-refractivity contribution >= 4 is 5.78 Å². The first-order valence-electron chi connectivity index (χ1n) is 7.05. The van der Waals surface area contributed by atoms with E-state index in [0.29, 0.717) is 13.0 Å². The molecule has 0 fully saturated rings. The minimum atomic E-state index is -0.278. The third-order valence-corrected chi connectivity index (χ3v) is 3.21. The van der Waals surface area contributed by atoms with Crippen LogP contribution in [-0.4, -0.2) is 12.4 Å². The number of benzene rings is 1. The quantitative estimate of drug-likeness (QED) is 0.674. The molecule has 1 aromatic carbocycles. The largest absolute Gasteiger partial charge is 0.494 e. The molecule has 0 aliphatic heterocycles. The van der Waals surface area contributed by atoms with Crippen molar-refractivity contribution in [2.24, 2.45) is 5.41 Å². The lowest BCUT2D eigenvalue weighted by Crippen LogP contribution is -2.10. The Bertz CT molecular complexity index is 469. The van der Waals surface area contributed by atoms with Gasteiger partial charge >= 0.3 is 0 Å². The summed E-state index contributed by atoms with van der Waals surface area (Å²) < 4.78 is 5.65. The molecule has 0 heterocycles. The van der Waals surface area contributed by atoms with Gasteiger partial charge in [0.05, 0.1) is 18.1 Å². The highest BCUT2D eigenvalue weighted by molar-refractivity contribution is 5.75. The van der Waals surface area contributed by atoms with Crippen LogP contribution < -0.4 is 4.74 Å². The summed E-state index contributed by atoms with van der Waals surface area (Å²) in [6, 6.07) is 10.2. The summed E-state index contributed by atoms with van der Waals surface area (Å²) in [5.74, 6) is 1.05. The first kappa shape index (κ1) is 16.2. The summed E-state index contributed by atoms with van der Waals surface area (Å²) in [7, 11) is 0. The van der Waals surface area contributed by atoms with Gasteiger partial charge < -0.3 is 9.53 Å². The van der Waals surface area contributed by atoms with Gasteiger partial charge in [-0.15, -0.1) is 0 Å². The van der Waals surface area contributed by atoms with E-state index in [1.165, 1.54) is 0 Å². The molecule has 3 nitrogen and oxygen atoms in total. The smallest absolute Gasteiger partial charge is 0.130 e. The number of aryl methyl sites for hydroxylation is 1. The molecule has 0 bridgehead atoms. The Morgan fingerprint density at radius 3 is 2.50 bits per heavy atom. The van der Waals surface area contributed by atoms with Gasteiger partial charge in [-0.25, -0.2) is 0 Å². The van der Waals surface area contributed by atoms with Crippen molar-refractivity contribution in [2.45, 2.75) is 46.5 Å². The number of hydrogen-bond acceptors (Lipinski definition) is 3. The van der Waals surface area contributed by atoms with E-state index in [4.69, 9.17) is 10.00 Å². The molecule has 0 atom stereocenters. The fourth-order valence-electron chi connectivity index (χ4n) is 1.83. The lowest BCUT2D eigenvalue weighted by molar-refractivity contribution is -0.116. The van der Waals surface area contributed by atoms with Crippen molar-refractivity contribution in [1.82, 2.24) is 0 Å². The molecule has 0 unspecified atom stereocenters. The number of hydrogen-bond donors (Lipinski definition) is 0. The van der Waals surface area contributed by atoms with E-state index in [9.17, 15) is 4.79 Å². The molecule has 0 radical (unpaired) electrons. The second kappa shape index (κ2) is 7.69. The number of ketones is 1. The highest BCUT2D eigenvalue weighted by Gasteiger charge is 2.15. The molecule has 0 aromatic heterocycles. The Kier molecular flexibility index (Phi) is 6.24. The maximum Gasteiger partial charge on any atom is 0.130 e. The van der Waals surface area contributed by atoms with E-state index in [2.05, 4.69) is 6.07 Å². The van der Waals surface area contributed by atoms with E-state index < -0.39 is 0 Å². The van der Waals surface area contributed by atoms with E-state index in [0.717, 1.165) is 30.6 Å². The highest BCUT2D eigenvalue weighted by Crippen LogP contribution is 2.21. The highest BCUT2D eigenvalue weighted by atomic mass is 16.5. The zero-order valence-electron chi connectivity index (χ0n) is 12.6. The number of nitrogens with zero attached hydrogens (tertiary/aromatic N) is 1. The first-order chi connectivity index (χ1) is 9.43. The second-order valence-electron chi connectivity index (χ2n) is 5.79. The van der Waals surface area contributed by atoms with E-state index in [1.54, 1.807) is 6.92 Å². The van der Waals surface area contributed by atoms with Gasteiger partial charge in [-0.05, 0) is 57.7 Å². The molecule has 0 spiro atoms. The van der Waals surface area contributed by atoms with Crippen LogP contribution in [0, 0.1) is 16.7 Å². The summed E-state index contributed by atoms with van der Waals surface area (Å²) in [5, 5.41) is 8.92. The first-order valence-corrected chi connectivity index (χ1v) is 7.05. The van der Waals surface area contributed by atoms with Gasteiger partial charge in [-0.3, -0.25) is 0 Å². The number of ether oxygens (including phenoxy) is 1. The fraction of sp³-hybridized carbons (Fsp3) is 0.529. The predicted octanol–water partition coefficient (Wildman–Crippen LogP) is 3.92. The third kappa shape index (κ3) is 6.38. The van der Waals surface area contributed by atoms with Gasteiger partial charge in [0, 0.05) is 6.42 Å². The van der Waals surface area contributed by atoms with E-state index in [-0.39, 0.29) is 11.2 Å². The Balaban J connectivity index is 2.32. The van der Waals surface area contributed by atoms with Crippen LogP contribution in [0.15, 0.2) is 24.3 Å². The molecule has 108 valence electrons. The lowest BCUT2D eigenvalue weighted by atomic mass is 9.90. The van der Waals surface area contributed by atoms with E-state index >= 15 is 0 Å². The zero-order chi connectivity index (χ0) is 15.0. The van der Waals surface area contributed by atoms with Crippen molar-refractivity contribution in [3.63, 3.8) is 0 Å². The molecule has 1 aromatic rings. The van der Waals surface area contributed by atoms with Gasteiger partial charge in [0.15, 0.2) is 0 Å². The van der Waals surface area contributed by atoms with Crippen LogP contribution >= 0.6 is 0 Å². The Labute approximate surface area is 121 Å². The van der Waals surface area contributed by atoms with Gasteiger partial charge in [0.25, 0.3) is 0 Å². The fourth-order valence-corrected chi connectivity index (χ4v) is 1.83. The minimum absolute atomic E-state index is 0.213. The molecule has 0 aliphatic rings. The van der Waals surface area contributed by atoms with Gasteiger partial charge in [-0.1, -0.05) is 12.1 Å². The van der Waals surface area contributed by atoms with Crippen LogP contribution in [-0.2, 0) is 11.2 Å². The van der Waals surface area contributed by atoms with Crippen molar-refractivity contribution < 1.29 is 9.53 Å². The summed E-state index contributed by atoms with van der Waals surface area (Å²) in [4.78, 5) is 10.9. The Morgan fingerprint density at radius 2 is 1.95 bits per heavy atom. The monoisotopic (exact) mass is 273 g/mol. The maximum atomic E-state index is 10.9. The van der Waals surface area contributed by atoms with Crippen LogP contribution in [0.5, 0.6) is 5.75 Å². The van der Waals surface area contributed by atoms with Gasteiger partial charge in [-0.2, -0.15) is 5.26 Å².